The number of hydrogen-bond donors (Lipinski definition) is 1. The molecule has 0 atom stereocenters. The van der Waals surface area contributed by atoms with E-state index in [2.05, 4.69) is 46.8 Å². The molecule has 21 heavy (non-hydrogen) atoms. The highest BCUT2D eigenvalue weighted by Gasteiger charge is 2.24. The van der Waals surface area contributed by atoms with E-state index in [1.165, 1.54) is 18.4 Å². The van der Waals surface area contributed by atoms with Crippen LogP contribution in [-0.2, 0) is 18.3 Å². The van der Waals surface area contributed by atoms with Gasteiger partial charge in [-0.25, -0.2) is 0 Å². The van der Waals surface area contributed by atoms with Crippen LogP contribution in [0.2, 0.25) is 0 Å². The maximum atomic E-state index is 10.6. The van der Waals surface area contributed by atoms with Gasteiger partial charge in [0.2, 0.25) is 0 Å². The third-order valence-corrected chi connectivity index (χ3v) is 5.12. The molecule has 1 nitrogen and oxygen atoms in total. The van der Waals surface area contributed by atoms with Crippen LogP contribution in [0.25, 0.3) is 0 Å². The van der Waals surface area contributed by atoms with Crippen LogP contribution in [0.1, 0.15) is 89.8 Å². The minimum Gasteiger partial charge on any atom is -0.507 e. The zero-order valence-electron chi connectivity index (χ0n) is 14.8. The van der Waals surface area contributed by atoms with Crippen LogP contribution < -0.4 is 0 Å². The summed E-state index contributed by atoms with van der Waals surface area (Å²) in [5.74, 6) is 0.565. The Kier molecular flexibility index (Phi) is 7.28. The second-order valence-corrected chi connectivity index (χ2v) is 6.62. The van der Waals surface area contributed by atoms with Crippen molar-refractivity contribution in [2.75, 3.05) is 0 Å². The number of hydrogen-bond acceptors (Lipinski definition) is 1. The molecule has 0 amide bonds. The molecule has 0 unspecified atom stereocenters. The molecule has 0 bridgehead atoms. The molecule has 0 fully saturated rings. The lowest BCUT2D eigenvalue weighted by atomic mass is 9.76. The second kappa shape index (κ2) is 8.46. The van der Waals surface area contributed by atoms with Crippen molar-refractivity contribution >= 4 is 0 Å². The number of phenolic OH excluding ortho intramolecular Hbond substituents is 1. The fraction of sp³-hybridized carbons (Fsp3) is 0.700. The first-order valence-corrected chi connectivity index (χ1v) is 8.87. The quantitative estimate of drug-likeness (QED) is 0.578. The van der Waals surface area contributed by atoms with Crippen molar-refractivity contribution < 1.29 is 5.11 Å². The Balaban J connectivity index is 3.24. The maximum absolute atomic E-state index is 10.6. The summed E-state index contributed by atoms with van der Waals surface area (Å²) in [6.07, 6.45) is 8.94. The molecule has 120 valence electrons. The first-order chi connectivity index (χ1) is 10.0. The van der Waals surface area contributed by atoms with Crippen LogP contribution in [0.15, 0.2) is 12.1 Å². The number of aromatic hydroxyl groups is 1. The zero-order valence-corrected chi connectivity index (χ0v) is 14.8. The molecular weight excluding hydrogens is 256 g/mol. The standard InChI is InChI=1S/C20H34O/c1-6-10-12-16-14-18(20(5,8-3)9-4)15-17(19(16)21)13-11-7-2/h14-15,21H,6-13H2,1-5H3. The Hall–Kier alpha value is -0.980. The van der Waals surface area contributed by atoms with Crippen LogP contribution in [0.3, 0.4) is 0 Å². The molecule has 0 aromatic heterocycles. The fourth-order valence-electron chi connectivity index (χ4n) is 2.88. The van der Waals surface area contributed by atoms with E-state index in [4.69, 9.17) is 0 Å². The van der Waals surface area contributed by atoms with E-state index in [-0.39, 0.29) is 5.41 Å². The maximum Gasteiger partial charge on any atom is 0.121 e. The van der Waals surface area contributed by atoms with Gasteiger partial charge in [0.05, 0.1) is 0 Å². The number of rotatable bonds is 9. The van der Waals surface area contributed by atoms with Crippen molar-refractivity contribution in [3.63, 3.8) is 0 Å². The van der Waals surface area contributed by atoms with Crippen molar-refractivity contribution in [3.8, 4) is 5.75 Å². The summed E-state index contributed by atoms with van der Waals surface area (Å²) in [6, 6.07) is 4.54. The van der Waals surface area contributed by atoms with Gasteiger partial charge in [-0.15, -0.1) is 0 Å². The molecule has 0 heterocycles. The molecule has 0 aliphatic carbocycles. The van der Waals surface area contributed by atoms with Gasteiger partial charge >= 0.3 is 0 Å². The molecule has 1 aromatic carbocycles. The van der Waals surface area contributed by atoms with Gasteiger partial charge in [0, 0.05) is 0 Å². The van der Waals surface area contributed by atoms with Gasteiger partial charge in [0.15, 0.2) is 0 Å². The van der Waals surface area contributed by atoms with Crippen molar-refractivity contribution in [1.82, 2.24) is 0 Å². The highest BCUT2D eigenvalue weighted by atomic mass is 16.3. The third kappa shape index (κ3) is 4.49. The average Bonchev–Trinajstić information content (AvgIpc) is 2.51. The van der Waals surface area contributed by atoms with Crippen LogP contribution in [-0.4, -0.2) is 5.11 Å². The van der Waals surface area contributed by atoms with E-state index in [1.54, 1.807) is 0 Å². The molecule has 1 N–H and O–H groups in total. The summed E-state index contributed by atoms with van der Waals surface area (Å²) >= 11 is 0. The lowest BCUT2D eigenvalue weighted by Gasteiger charge is -2.29. The van der Waals surface area contributed by atoms with E-state index in [9.17, 15) is 5.11 Å². The summed E-state index contributed by atoms with van der Waals surface area (Å²) in [5.41, 5.74) is 3.97. The van der Waals surface area contributed by atoms with Crippen LogP contribution in [0, 0.1) is 0 Å². The average molecular weight is 290 g/mol. The molecule has 1 heteroatoms. The Labute approximate surface area is 131 Å². The van der Waals surface area contributed by atoms with Crippen molar-refractivity contribution in [1.29, 1.82) is 0 Å². The minimum atomic E-state index is 0.232. The van der Waals surface area contributed by atoms with Gasteiger partial charge in [-0.1, -0.05) is 59.6 Å². The van der Waals surface area contributed by atoms with Crippen LogP contribution >= 0.6 is 0 Å². The largest absolute Gasteiger partial charge is 0.507 e. The smallest absolute Gasteiger partial charge is 0.121 e. The molecule has 0 aliphatic rings. The van der Waals surface area contributed by atoms with E-state index < -0.39 is 0 Å². The topological polar surface area (TPSA) is 20.2 Å². The number of aryl methyl sites for hydroxylation is 2. The third-order valence-electron chi connectivity index (χ3n) is 5.12. The summed E-state index contributed by atoms with van der Waals surface area (Å²) in [5, 5.41) is 10.6. The first-order valence-electron chi connectivity index (χ1n) is 8.87. The normalized spacial score (nSPS) is 11.9. The Morgan fingerprint density at radius 3 is 1.62 bits per heavy atom. The molecule has 1 rings (SSSR count). The summed E-state index contributed by atoms with van der Waals surface area (Å²) in [6.45, 7) is 11.3. The molecular formula is C20H34O. The predicted molar refractivity (Wildman–Crippen MR) is 93.3 cm³/mol. The highest BCUT2D eigenvalue weighted by Crippen LogP contribution is 2.36. The molecule has 0 saturated carbocycles. The monoisotopic (exact) mass is 290 g/mol. The molecule has 0 aliphatic heterocycles. The number of benzene rings is 1. The van der Waals surface area contributed by atoms with E-state index >= 15 is 0 Å². The van der Waals surface area contributed by atoms with Gasteiger partial charge in [-0.05, 0) is 60.6 Å². The van der Waals surface area contributed by atoms with Crippen molar-refractivity contribution in [2.45, 2.75) is 91.4 Å². The van der Waals surface area contributed by atoms with Gasteiger partial charge in [-0.3, -0.25) is 0 Å². The highest BCUT2D eigenvalue weighted by molar-refractivity contribution is 5.46. The van der Waals surface area contributed by atoms with Crippen molar-refractivity contribution in [2.24, 2.45) is 0 Å². The Bertz CT molecular complexity index is 400. The number of unbranched alkanes of at least 4 members (excludes halogenated alkanes) is 2. The van der Waals surface area contributed by atoms with Gasteiger partial charge < -0.3 is 5.11 Å². The summed E-state index contributed by atoms with van der Waals surface area (Å²) in [4.78, 5) is 0. The SMILES string of the molecule is CCCCc1cc(C(C)(CC)CC)cc(CCCC)c1O. The molecule has 1 aromatic rings. The van der Waals surface area contributed by atoms with E-state index in [0.717, 1.165) is 49.7 Å². The van der Waals surface area contributed by atoms with Crippen molar-refractivity contribution in [3.05, 3.63) is 28.8 Å². The molecule has 0 spiro atoms. The fourth-order valence-corrected chi connectivity index (χ4v) is 2.88. The summed E-state index contributed by atoms with van der Waals surface area (Å²) in [7, 11) is 0. The second-order valence-electron chi connectivity index (χ2n) is 6.62. The predicted octanol–water partition coefficient (Wildman–Crippen LogP) is 6.16. The molecule has 0 saturated heterocycles. The summed E-state index contributed by atoms with van der Waals surface area (Å²) < 4.78 is 0. The van der Waals surface area contributed by atoms with E-state index in [1.807, 2.05) is 0 Å². The minimum absolute atomic E-state index is 0.232. The lowest BCUT2D eigenvalue weighted by Crippen LogP contribution is -2.20. The van der Waals surface area contributed by atoms with Crippen LogP contribution in [0.5, 0.6) is 5.75 Å². The Morgan fingerprint density at radius 1 is 0.857 bits per heavy atom. The van der Waals surface area contributed by atoms with Gasteiger partial charge in [0.1, 0.15) is 5.75 Å². The lowest BCUT2D eigenvalue weighted by molar-refractivity contribution is 0.431. The van der Waals surface area contributed by atoms with Crippen LogP contribution in [0.4, 0.5) is 0 Å². The van der Waals surface area contributed by atoms with E-state index in [0.29, 0.717) is 5.75 Å². The van der Waals surface area contributed by atoms with Gasteiger partial charge in [0.25, 0.3) is 0 Å². The number of phenols is 1. The van der Waals surface area contributed by atoms with Gasteiger partial charge in [-0.2, -0.15) is 0 Å². The molecule has 0 radical (unpaired) electrons. The zero-order chi connectivity index (χ0) is 15.9. The Morgan fingerprint density at radius 2 is 1.29 bits per heavy atom. The first kappa shape index (κ1) is 18.1.